The van der Waals surface area contributed by atoms with Crippen LogP contribution in [-0.2, 0) is 0 Å². The van der Waals surface area contributed by atoms with Gasteiger partial charge in [-0.1, -0.05) is 0 Å². The van der Waals surface area contributed by atoms with Gasteiger partial charge >= 0.3 is 0 Å². The first kappa shape index (κ1) is 17.7. The Labute approximate surface area is 152 Å². The Kier molecular flexibility index (Phi) is 5.01. The first-order valence-electron chi connectivity index (χ1n) is 8.34. The summed E-state index contributed by atoms with van der Waals surface area (Å²) in [5.41, 5.74) is 2.76. The Morgan fingerprint density at radius 2 is 1.92 bits per heavy atom. The number of nitrogens with zero attached hydrogens (tertiary/aromatic N) is 6. The largest absolute Gasteiger partial charge is 0.493 e. The molecule has 8 nitrogen and oxygen atoms in total. The molecule has 136 valence electrons. The second-order valence-corrected chi connectivity index (χ2v) is 5.79. The first-order chi connectivity index (χ1) is 12.5. The molecule has 0 aliphatic rings. The average Bonchev–Trinajstić information content (AvgIpc) is 3.14. The third kappa shape index (κ3) is 3.44. The monoisotopic (exact) mass is 354 g/mol. The standard InChI is InChI=1S/C18H22N6O2/c1-6-26-17-10-15(7-8-16(17)25-5)11-19-24-14(4)20-21-18(24)23-13(3)9-12(2)22-23/h7-11H,6H2,1-5H3/b19-11+. The molecule has 0 aliphatic carbocycles. The van der Waals surface area contributed by atoms with E-state index in [-0.39, 0.29) is 0 Å². The lowest BCUT2D eigenvalue weighted by molar-refractivity contribution is 0.311. The average molecular weight is 354 g/mol. The summed E-state index contributed by atoms with van der Waals surface area (Å²) in [6, 6.07) is 7.63. The lowest BCUT2D eigenvalue weighted by Gasteiger charge is -2.09. The molecule has 0 radical (unpaired) electrons. The third-order valence-corrected chi connectivity index (χ3v) is 3.79. The van der Waals surface area contributed by atoms with Gasteiger partial charge in [-0.2, -0.15) is 14.9 Å². The molecule has 0 amide bonds. The zero-order valence-electron chi connectivity index (χ0n) is 15.6. The Morgan fingerprint density at radius 1 is 1.12 bits per heavy atom. The Bertz CT molecular complexity index is 941. The molecular formula is C18H22N6O2. The van der Waals surface area contributed by atoms with Gasteiger partial charge in [0, 0.05) is 5.69 Å². The zero-order valence-corrected chi connectivity index (χ0v) is 15.6. The maximum atomic E-state index is 5.61. The molecule has 2 aromatic heterocycles. The topological polar surface area (TPSA) is 79.4 Å². The fraction of sp³-hybridized carbons (Fsp3) is 0.333. The highest BCUT2D eigenvalue weighted by molar-refractivity contribution is 5.80. The number of ether oxygens (including phenoxy) is 2. The number of rotatable bonds is 6. The first-order valence-corrected chi connectivity index (χ1v) is 8.34. The number of methoxy groups -OCH3 is 1. The molecule has 3 aromatic rings. The van der Waals surface area contributed by atoms with Gasteiger partial charge in [-0.15, -0.1) is 10.2 Å². The van der Waals surface area contributed by atoms with Crippen molar-refractivity contribution in [1.82, 2.24) is 24.7 Å². The van der Waals surface area contributed by atoms with Crippen molar-refractivity contribution in [2.24, 2.45) is 5.10 Å². The molecule has 3 rings (SSSR count). The van der Waals surface area contributed by atoms with Crippen LogP contribution in [0.15, 0.2) is 29.4 Å². The van der Waals surface area contributed by atoms with Crippen LogP contribution in [-0.4, -0.2) is 44.6 Å². The molecule has 0 atom stereocenters. The molecule has 0 fully saturated rings. The van der Waals surface area contributed by atoms with Crippen LogP contribution in [0.4, 0.5) is 0 Å². The van der Waals surface area contributed by atoms with Crippen molar-refractivity contribution in [2.75, 3.05) is 13.7 Å². The molecule has 0 aliphatic heterocycles. The second-order valence-electron chi connectivity index (χ2n) is 5.79. The van der Waals surface area contributed by atoms with E-state index in [0.717, 1.165) is 17.0 Å². The van der Waals surface area contributed by atoms with E-state index < -0.39 is 0 Å². The summed E-state index contributed by atoms with van der Waals surface area (Å²) in [6.45, 7) is 8.24. The fourth-order valence-corrected chi connectivity index (χ4v) is 2.61. The summed E-state index contributed by atoms with van der Waals surface area (Å²) in [7, 11) is 1.62. The number of aryl methyl sites for hydroxylation is 3. The maximum absolute atomic E-state index is 5.61. The van der Waals surface area contributed by atoms with Crippen molar-refractivity contribution in [2.45, 2.75) is 27.7 Å². The second kappa shape index (κ2) is 7.38. The molecule has 0 saturated carbocycles. The molecule has 0 unspecified atom stereocenters. The van der Waals surface area contributed by atoms with Gasteiger partial charge in [0.1, 0.15) is 0 Å². The van der Waals surface area contributed by atoms with Crippen LogP contribution in [0.2, 0.25) is 0 Å². The van der Waals surface area contributed by atoms with E-state index in [9.17, 15) is 0 Å². The molecule has 0 N–H and O–H groups in total. The van der Waals surface area contributed by atoms with Gasteiger partial charge in [0.05, 0.1) is 25.6 Å². The lowest BCUT2D eigenvalue weighted by Crippen LogP contribution is -2.08. The summed E-state index contributed by atoms with van der Waals surface area (Å²) in [5.74, 6) is 2.58. The van der Waals surface area contributed by atoms with Gasteiger partial charge in [0.2, 0.25) is 0 Å². The zero-order chi connectivity index (χ0) is 18.7. The van der Waals surface area contributed by atoms with E-state index in [4.69, 9.17) is 9.47 Å². The number of hydrogen-bond acceptors (Lipinski definition) is 6. The van der Waals surface area contributed by atoms with Crippen molar-refractivity contribution in [3.05, 3.63) is 47.0 Å². The van der Waals surface area contributed by atoms with Gasteiger partial charge in [0.25, 0.3) is 5.95 Å². The molecular weight excluding hydrogens is 332 g/mol. The molecule has 2 heterocycles. The predicted octanol–water partition coefficient (Wildman–Crippen LogP) is 2.68. The molecule has 0 bridgehead atoms. The predicted molar refractivity (Wildman–Crippen MR) is 98.5 cm³/mol. The van der Waals surface area contributed by atoms with Gasteiger partial charge in [0.15, 0.2) is 17.3 Å². The van der Waals surface area contributed by atoms with Crippen LogP contribution < -0.4 is 9.47 Å². The summed E-state index contributed by atoms with van der Waals surface area (Å²) < 4.78 is 14.3. The van der Waals surface area contributed by atoms with Crippen molar-refractivity contribution in [3.63, 3.8) is 0 Å². The van der Waals surface area contributed by atoms with E-state index in [1.54, 1.807) is 22.7 Å². The van der Waals surface area contributed by atoms with Gasteiger partial charge in [-0.05, 0) is 57.5 Å². The van der Waals surface area contributed by atoms with Crippen LogP contribution in [0.1, 0.15) is 29.7 Å². The minimum absolute atomic E-state index is 0.544. The minimum Gasteiger partial charge on any atom is -0.493 e. The molecule has 1 aromatic carbocycles. The maximum Gasteiger partial charge on any atom is 0.273 e. The Morgan fingerprint density at radius 3 is 2.58 bits per heavy atom. The normalized spacial score (nSPS) is 11.3. The smallest absolute Gasteiger partial charge is 0.273 e. The van der Waals surface area contributed by atoms with Gasteiger partial charge in [-0.3, -0.25) is 0 Å². The van der Waals surface area contributed by atoms with Crippen molar-refractivity contribution in [3.8, 4) is 17.4 Å². The SMILES string of the molecule is CCOc1cc(/C=N/n2c(C)nnc2-n2nc(C)cc2C)ccc1OC. The number of aromatic nitrogens is 5. The quantitative estimate of drug-likeness (QED) is 0.636. The Balaban J connectivity index is 1.96. The van der Waals surface area contributed by atoms with E-state index >= 15 is 0 Å². The lowest BCUT2D eigenvalue weighted by atomic mass is 10.2. The molecule has 26 heavy (non-hydrogen) atoms. The third-order valence-electron chi connectivity index (χ3n) is 3.79. The van der Waals surface area contributed by atoms with Gasteiger partial charge < -0.3 is 9.47 Å². The van der Waals surface area contributed by atoms with Gasteiger partial charge in [-0.25, -0.2) is 4.68 Å². The fourth-order valence-electron chi connectivity index (χ4n) is 2.61. The highest BCUT2D eigenvalue weighted by Crippen LogP contribution is 2.27. The number of benzene rings is 1. The molecule has 8 heteroatoms. The molecule has 0 spiro atoms. The summed E-state index contributed by atoms with van der Waals surface area (Å²) in [4.78, 5) is 0. The summed E-state index contributed by atoms with van der Waals surface area (Å²) in [6.07, 6.45) is 1.73. The van der Waals surface area contributed by atoms with Crippen molar-refractivity contribution in [1.29, 1.82) is 0 Å². The number of hydrogen-bond donors (Lipinski definition) is 0. The van der Waals surface area contributed by atoms with Crippen LogP contribution in [0.25, 0.3) is 5.95 Å². The van der Waals surface area contributed by atoms with E-state index in [0.29, 0.717) is 29.9 Å². The van der Waals surface area contributed by atoms with Crippen LogP contribution in [0.5, 0.6) is 11.5 Å². The minimum atomic E-state index is 0.544. The highest BCUT2D eigenvalue weighted by atomic mass is 16.5. The highest BCUT2D eigenvalue weighted by Gasteiger charge is 2.13. The molecule has 0 saturated heterocycles. The van der Waals surface area contributed by atoms with Crippen LogP contribution in [0.3, 0.4) is 0 Å². The van der Waals surface area contributed by atoms with E-state index in [1.165, 1.54) is 0 Å². The van der Waals surface area contributed by atoms with Crippen LogP contribution >= 0.6 is 0 Å². The van der Waals surface area contributed by atoms with E-state index in [2.05, 4.69) is 20.4 Å². The summed E-state index contributed by atoms with van der Waals surface area (Å²) >= 11 is 0. The Hall–Kier alpha value is -3.16. The summed E-state index contributed by atoms with van der Waals surface area (Å²) in [5, 5.41) is 17.3. The van der Waals surface area contributed by atoms with Crippen molar-refractivity contribution < 1.29 is 9.47 Å². The van der Waals surface area contributed by atoms with Crippen LogP contribution in [0, 0.1) is 20.8 Å². The van der Waals surface area contributed by atoms with E-state index in [1.807, 2.05) is 52.0 Å². The van der Waals surface area contributed by atoms with Crippen molar-refractivity contribution >= 4 is 6.21 Å².